The van der Waals surface area contributed by atoms with Crippen LogP contribution in [-0.2, 0) is 21.2 Å². The Kier molecular flexibility index (Phi) is 5.87. The molecule has 0 aromatic heterocycles. The van der Waals surface area contributed by atoms with Gasteiger partial charge in [0.15, 0.2) is 0 Å². The highest BCUT2D eigenvalue weighted by molar-refractivity contribution is 9.10. The highest BCUT2D eigenvalue weighted by Gasteiger charge is 2.41. The lowest BCUT2D eigenvalue weighted by molar-refractivity contribution is -0.144. The fraction of sp³-hybridized carbons (Fsp3) is 0.235. The van der Waals surface area contributed by atoms with Crippen molar-refractivity contribution in [2.24, 2.45) is 0 Å². The first kappa shape index (κ1) is 19.4. The SMILES string of the molecule is CCC(Cc1ccc(O)cc1)(NS(=O)(=O)c1ccccc1Br)C(=O)O. The molecular weight excluding hydrogens is 410 g/mol. The minimum absolute atomic E-state index is 0.0280. The molecule has 0 saturated heterocycles. The van der Waals surface area contributed by atoms with Crippen LogP contribution in [0.15, 0.2) is 57.9 Å². The van der Waals surface area contributed by atoms with Gasteiger partial charge in [0, 0.05) is 10.9 Å². The van der Waals surface area contributed by atoms with E-state index in [1.165, 1.54) is 18.2 Å². The Balaban J connectivity index is 2.42. The fourth-order valence-electron chi connectivity index (χ4n) is 2.44. The van der Waals surface area contributed by atoms with Crippen LogP contribution >= 0.6 is 15.9 Å². The molecule has 2 aromatic rings. The number of carboxylic acid groups (broad SMARTS) is 1. The van der Waals surface area contributed by atoms with E-state index in [0.717, 1.165) is 0 Å². The van der Waals surface area contributed by atoms with Gasteiger partial charge in [-0.1, -0.05) is 31.2 Å². The third kappa shape index (κ3) is 4.39. The summed E-state index contributed by atoms with van der Waals surface area (Å²) >= 11 is 3.18. The second-order valence-electron chi connectivity index (χ2n) is 5.62. The number of hydrogen-bond donors (Lipinski definition) is 3. The van der Waals surface area contributed by atoms with Gasteiger partial charge in [0.25, 0.3) is 0 Å². The second kappa shape index (κ2) is 7.55. The Hall–Kier alpha value is -1.90. The van der Waals surface area contributed by atoms with E-state index in [2.05, 4.69) is 20.7 Å². The molecule has 0 aliphatic rings. The molecule has 0 fully saturated rings. The molecule has 0 amide bonds. The minimum Gasteiger partial charge on any atom is -0.508 e. The summed E-state index contributed by atoms with van der Waals surface area (Å²) in [5.74, 6) is -1.21. The van der Waals surface area contributed by atoms with Crippen molar-refractivity contribution in [1.29, 1.82) is 0 Å². The second-order valence-corrected chi connectivity index (χ2v) is 8.13. The molecule has 1 atom stereocenters. The number of carbonyl (C=O) groups is 1. The zero-order chi connectivity index (χ0) is 18.7. The average Bonchev–Trinajstić information content (AvgIpc) is 2.56. The fourth-order valence-corrected chi connectivity index (χ4v) is 4.88. The van der Waals surface area contributed by atoms with Crippen LogP contribution in [0.2, 0.25) is 0 Å². The predicted octanol–water partition coefficient (Wildman–Crippen LogP) is 2.91. The Morgan fingerprint density at radius 2 is 1.76 bits per heavy atom. The van der Waals surface area contributed by atoms with Crippen LogP contribution in [0.5, 0.6) is 5.75 Å². The molecule has 0 spiro atoms. The topological polar surface area (TPSA) is 104 Å². The molecule has 1 unspecified atom stereocenters. The molecular formula is C17H18BrNO5S. The number of aliphatic carboxylic acids is 1. The summed E-state index contributed by atoms with van der Waals surface area (Å²) in [4.78, 5) is 11.9. The van der Waals surface area contributed by atoms with Crippen molar-refractivity contribution in [2.75, 3.05) is 0 Å². The summed E-state index contributed by atoms with van der Waals surface area (Å²) in [5.41, 5.74) is -1.11. The smallest absolute Gasteiger partial charge is 0.325 e. The van der Waals surface area contributed by atoms with E-state index in [4.69, 9.17) is 0 Å². The number of nitrogens with one attached hydrogen (secondary N) is 1. The Morgan fingerprint density at radius 1 is 1.16 bits per heavy atom. The van der Waals surface area contributed by atoms with Crippen LogP contribution in [0.25, 0.3) is 0 Å². The number of aromatic hydroxyl groups is 1. The maximum atomic E-state index is 12.7. The van der Waals surface area contributed by atoms with Crippen LogP contribution < -0.4 is 4.72 Å². The summed E-state index contributed by atoms with van der Waals surface area (Å²) in [6, 6.07) is 12.2. The van der Waals surface area contributed by atoms with Crippen LogP contribution in [0.3, 0.4) is 0 Å². The largest absolute Gasteiger partial charge is 0.508 e. The first-order valence-electron chi connectivity index (χ1n) is 7.50. The zero-order valence-electron chi connectivity index (χ0n) is 13.4. The number of hydrogen-bond acceptors (Lipinski definition) is 4. The lowest BCUT2D eigenvalue weighted by Crippen LogP contribution is -2.55. The molecule has 2 rings (SSSR count). The van der Waals surface area contributed by atoms with Gasteiger partial charge in [-0.25, -0.2) is 8.42 Å². The molecule has 0 bridgehead atoms. The maximum Gasteiger partial charge on any atom is 0.325 e. The van der Waals surface area contributed by atoms with Gasteiger partial charge in [-0.3, -0.25) is 4.79 Å². The van der Waals surface area contributed by atoms with Crippen molar-refractivity contribution in [1.82, 2.24) is 4.72 Å². The van der Waals surface area contributed by atoms with E-state index in [9.17, 15) is 23.4 Å². The number of carboxylic acids is 1. The van der Waals surface area contributed by atoms with E-state index in [-0.39, 0.29) is 23.5 Å². The summed E-state index contributed by atoms with van der Waals surface area (Å²) in [5, 5.41) is 19.1. The van der Waals surface area contributed by atoms with E-state index >= 15 is 0 Å². The maximum absolute atomic E-state index is 12.7. The van der Waals surface area contributed by atoms with E-state index < -0.39 is 21.5 Å². The first-order valence-corrected chi connectivity index (χ1v) is 9.77. The molecule has 25 heavy (non-hydrogen) atoms. The zero-order valence-corrected chi connectivity index (χ0v) is 15.8. The van der Waals surface area contributed by atoms with E-state index in [0.29, 0.717) is 10.0 Å². The molecule has 0 aliphatic heterocycles. The van der Waals surface area contributed by atoms with Crippen LogP contribution in [0.1, 0.15) is 18.9 Å². The summed E-state index contributed by atoms with van der Waals surface area (Å²) in [6.07, 6.45) is -0.00428. The molecule has 6 nitrogen and oxygen atoms in total. The first-order chi connectivity index (χ1) is 11.7. The Labute approximate surface area is 154 Å². The van der Waals surface area contributed by atoms with Gasteiger partial charge >= 0.3 is 5.97 Å². The molecule has 0 heterocycles. The third-order valence-corrected chi connectivity index (χ3v) is 6.46. The minimum atomic E-state index is -4.06. The summed E-state index contributed by atoms with van der Waals surface area (Å²) in [7, 11) is -4.06. The molecule has 134 valence electrons. The molecule has 2 aromatic carbocycles. The number of halogens is 1. The van der Waals surface area contributed by atoms with Gasteiger partial charge in [-0.05, 0) is 52.2 Å². The molecule has 8 heteroatoms. The van der Waals surface area contributed by atoms with Crippen molar-refractivity contribution in [3.8, 4) is 5.75 Å². The molecule has 0 radical (unpaired) electrons. The standard InChI is InChI=1S/C17H18BrNO5S/c1-2-17(16(21)22,11-12-7-9-13(20)10-8-12)19-25(23,24)15-6-4-3-5-14(15)18/h3-10,19-20H,2,11H2,1H3,(H,21,22). The summed E-state index contributed by atoms with van der Waals surface area (Å²) < 4.78 is 28.2. The van der Waals surface area contributed by atoms with Gasteiger partial charge < -0.3 is 10.2 Å². The number of rotatable bonds is 7. The van der Waals surface area contributed by atoms with Crippen LogP contribution in [-0.4, -0.2) is 30.1 Å². The van der Waals surface area contributed by atoms with Crippen molar-refractivity contribution in [2.45, 2.75) is 30.2 Å². The lowest BCUT2D eigenvalue weighted by Gasteiger charge is -2.29. The number of phenols is 1. The van der Waals surface area contributed by atoms with Gasteiger partial charge in [-0.15, -0.1) is 0 Å². The van der Waals surface area contributed by atoms with E-state index in [1.54, 1.807) is 37.3 Å². The molecule has 0 aliphatic carbocycles. The normalized spacial score (nSPS) is 14.0. The Morgan fingerprint density at radius 3 is 2.28 bits per heavy atom. The molecule has 0 saturated carbocycles. The van der Waals surface area contributed by atoms with Crippen molar-refractivity contribution >= 4 is 31.9 Å². The quantitative estimate of drug-likeness (QED) is 0.629. The molecule has 3 N–H and O–H groups in total. The van der Waals surface area contributed by atoms with Crippen LogP contribution in [0, 0.1) is 0 Å². The van der Waals surface area contributed by atoms with Gasteiger partial charge in [0.05, 0.1) is 4.90 Å². The highest BCUT2D eigenvalue weighted by Crippen LogP contribution is 2.26. The monoisotopic (exact) mass is 427 g/mol. The van der Waals surface area contributed by atoms with Crippen molar-refractivity contribution < 1.29 is 23.4 Å². The number of benzene rings is 2. The van der Waals surface area contributed by atoms with Crippen molar-refractivity contribution in [3.05, 3.63) is 58.6 Å². The van der Waals surface area contributed by atoms with Gasteiger partial charge in [0.1, 0.15) is 11.3 Å². The van der Waals surface area contributed by atoms with Gasteiger partial charge in [0.2, 0.25) is 10.0 Å². The summed E-state index contributed by atoms with van der Waals surface area (Å²) in [6.45, 7) is 1.61. The number of sulfonamides is 1. The van der Waals surface area contributed by atoms with Crippen molar-refractivity contribution in [3.63, 3.8) is 0 Å². The van der Waals surface area contributed by atoms with E-state index in [1.807, 2.05) is 0 Å². The highest BCUT2D eigenvalue weighted by atomic mass is 79.9. The lowest BCUT2D eigenvalue weighted by atomic mass is 9.89. The third-order valence-electron chi connectivity index (χ3n) is 3.91. The predicted molar refractivity (Wildman–Crippen MR) is 96.9 cm³/mol. The average molecular weight is 428 g/mol. The van der Waals surface area contributed by atoms with Gasteiger partial charge in [-0.2, -0.15) is 4.72 Å². The number of phenolic OH excluding ortho intramolecular Hbond substituents is 1. The van der Waals surface area contributed by atoms with Crippen LogP contribution in [0.4, 0.5) is 0 Å². The Bertz CT molecular complexity index is 867.